The zero-order chi connectivity index (χ0) is 20.3. The van der Waals surface area contributed by atoms with Crippen molar-refractivity contribution in [2.24, 2.45) is 11.8 Å². The van der Waals surface area contributed by atoms with E-state index in [0.29, 0.717) is 27.8 Å². The average Bonchev–Trinajstić information content (AvgIpc) is 3.18. The lowest BCUT2D eigenvalue weighted by atomic mass is 9.90. The Morgan fingerprint density at radius 2 is 1.89 bits per heavy atom. The molecule has 3 nitrogen and oxygen atoms in total. The molecule has 1 fully saturated rings. The Morgan fingerprint density at radius 1 is 1.18 bits per heavy atom. The van der Waals surface area contributed by atoms with Crippen molar-refractivity contribution in [1.82, 2.24) is 0 Å². The number of carbonyl (C=O) groups is 1. The quantitative estimate of drug-likeness (QED) is 0.488. The first-order valence-electron chi connectivity index (χ1n) is 8.79. The molecule has 0 bridgehead atoms. The molecule has 0 spiro atoms. The van der Waals surface area contributed by atoms with Crippen molar-refractivity contribution >= 4 is 64.3 Å². The van der Waals surface area contributed by atoms with E-state index in [0.717, 1.165) is 10.4 Å². The molecule has 4 atom stereocenters. The maximum atomic E-state index is 11.0. The van der Waals surface area contributed by atoms with Gasteiger partial charge in [0.1, 0.15) is 4.88 Å². The van der Waals surface area contributed by atoms with E-state index in [1.807, 2.05) is 36.4 Å². The highest BCUT2D eigenvalue weighted by Crippen LogP contribution is 2.40. The molecule has 0 amide bonds. The monoisotopic (exact) mass is 456 g/mol. The summed E-state index contributed by atoms with van der Waals surface area (Å²) in [6, 6.07) is 8.68. The summed E-state index contributed by atoms with van der Waals surface area (Å²) in [7, 11) is 0. The van der Waals surface area contributed by atoms with Crippen molar-refractivity contribution in [3.05, 3.63) is 67.8 Å². The number of benzene rings is 1. The molecule has 28 heavy (non-hydrogen) atoms. The standard InChI is InChI=1S/C21H19Cl3O3S/c22-13-8-12(9-14(23)10-13)4-6-17-16(18(24)11-19(17)25)3-1-2-15-5-7-20(28-15)21(26)27/h1-2,4-10,16-19,25H,3,11H2,(H,26,27)/t16-,17-,18-,19-/m1/s1. The smallest absolute Gasteiger partial charge is 0.345 e. The zero-order valence-electron chi connectivity index (χ0n) is 14.8. The number of carboxylic acid groups (broad SMARTS) is 1. The first-order valence-corrected chi connectivity index (χ1v) is 10.8. The second-order valence-corrected chi connectivity index (χ2v) is 9.32. The topological polar surface area (TPSA) is 57.5 Å². The predicted octanol–water partition coefficient (Wildman–Crippen LogP) is 6.47. The van der Waals surface area contributed by atoms with E-state index >= 15 is 0 Å². The summed E-state index contributed by atoms with van der Waals surface area (Å²) < 4.78 is 0. The van der Waals surface area contributed by atoms with Crippen LogP contribution in [0.4, 0.5) is 0 Å². The second-order valence-electron chi connectivity index (χ2n) is 6.77. The van der Waals surface area contributed by atoms with Crippen LogP contribution in [0.15, 0.2) is 42.5 Å². The number of aliphatic hydroxyl groups is 1. The van der Waals surface area contributed by atoms with Crippen LogP contribution in [0, 0.1) is 11.8 Å². The van der Waals surface area contributed by atoms with Crippen molar-refractivity contribution < 1.29 is 15.0 Å². The van der Waals surface area contributed by atoms with E-state index in [1.165, 1.54) is 11.3 Å². The SMILES string of the molecule is O=C(O)c1ccc(C=CC[C@@H]2[C@@H](C=Cc3cc(Cl)cc(Cl)c3)[C@H](O)C[C@H]2Cl)s1. The van der Waals surface area contributed by atoms with Crippen molar-refractivity contribution in [1.29, 1.82) is 0 Å². The first-order chi connectivity index (χ1) is 13.3. The Hall–Kier alpha value is -1.30. The molecule has 1 aliphatic carbocycles. The Kier molecular flexibility index (Phi) is 7.24. The number of hydrogen-bond donors (Lipinski definition) is 2. The molecule has 2 N–H and O–H groups in total. The van der Waals surface area contributed by atoms with Crippen molar-refractivity contribution in [2.75, 3.05) is 0 Å². The summed E-state index contributed by atoms with van der Waals surface area (Å²) in [5.74, 6) is -0.920. The van der Waals surface area contributed by atoms with Gasteiger partial charge in [0.2, 0.25) is 0 Å². The lowest BCUT2D eigenvalue weighted by Crippen LogP contribution is -2.18. The highest BCUT2D eigenvalue weighted by Gasteiger charge is 2.39. The van der Waals surface area contributed by atoms with Gasteiger partial charge in [-0.3, -0.25) is 0 Å². The normalized spacial score (nSPS) is 25.1. The van der Waals surface area contributed by atoms with Gasteiger partial charge in [-0.05, 0) is 60.7 Å². The summed E-state index contributed by atoms with van der Waals surface area (Å²) in [5, 5.41) is 20.4. The summed E-state index contributed by atoms with van der Waals surface area (Å²) in [4.78, 5) is 12.2. The minimum absolute atomic E-state index is 0.0807. The van der Waals surface area contributed by atoms with Crippen LogP contribution in [-0.4, -0.2) is 27.7 Å². The maximum absolute atomic E-state index is 11.0. The third kappa shape index (κ3) is 5.40. The van der Waals surface area contributed by atoms with Crippen LogP contribution in [0.2, 0.25) is 10.0 Å². The van der Waals surface area contributed by atoms with Gasteiger partial charge < -0.3 is 10.2 Å². The molecule has 1 aliphatic rings. The Morgan fingerprint density at radius 3 is 2.54 bits per heavy atom. The molecule has 1 saturated carbocycles. The number of halogens is 3. The van der Waals surface area contributed by atoms with Crippen LogP contribution in [0.3, 0.4) is 0 Å². The lowest BCUT2D eigenvalue weighted by molar-refractivity contribution is 0.0702. The molecule has 7 heteroatoms. The third-order valence-corrected chi connectivity index (χ3v) is 6.77. The molecule has 148 valence electrons. The summed E-state index contributed by atoms with van der Waals surface area (Å²) in [6.45, 7) is 0. The van der Waals surface area contributed by atoms with Gasteiger partial charge in [0.05, 0.1) is 6.10 Å². The van der Waals surface area contributed by atoms with Crippen LogP contribution >= 0.6 is 46.1 Å². The number of hydrogen-bond acceptors (Lipinski definition) is 3. The van der Waals surface area contributed by atoms with Crippen LogP contribution in [0.25, 0.3) is 12.2 Å². The van der Waals surface area contributed by atoms with Gasteiger partial charge in [-0.1, -0.05) is 41.4 Å². The van der Waals surface area contributed by atoms with E-state index in [9.17, 15) is 9.90 Å². The maximum Gasteiger partial charge on any atom is 0.345 e. The van der Waals surface area contributed by atoms with Gasteiger partial charge in [0.25, 0.3) is 0 Å². The first kappa shape index (κ1) is 21.4. The largest absolute Gasteiger partial charge is 0.477 e. The summed E-state index contributed by atoms with van der Waals surface area (Å²) in [5.41, 5.74) is 0.872. The molecule has 3 rings (SSSR count). The van der Waals surface area contributed by atoms with E-state index in [2.05, 4.69) is 0 Å². The number of rotatable bonds is 6. The Bertz CT molecular complexity index is 886. The molecule has 0 saturated heterocycles. The number of carboxylic acids is 1. The molecule has 1 aromatic carbocycles. The molecule has 0 aliphatic heterocycles. The van der Waals surface area contributed by atoms with E-state index in [4.69, 9.17) is 39.9 Å². The minimum atomic E-state index is -0.921. The fourth-order valence-electron chi connectivity index (χ4n) is 3.46. The molecule has 1 aromatic heterocycles. The van der Waals surface area contributed by atoms with Crippen molar-refractivity contribution in [2.45, 2.75) is 24.3 Å². The molecular weight excluding hydrogens is 439 g/mol. The average molecular weight is 458 g/mol. The third-order valence-electron chi connectivity index (χ3n) is 4.79. The van der Waals surface area contributed by atoms with E-state index in [1.54, 1.807) is 18.2 Å². The van der Waals surface area contributed by atoms with Gasteiger partial charge in [-0.25, -0.2) is 4.79 Å². The van der Waals surface area contributed by atoms with Crippen LogP contribution in [0.1, 0.15) is 33.0 Å². The zero-order valence-corrected chi connectivity index (χ0v) is 17.8. The van der Waals surface area contributed by atoms with Gasteiger partial charge in [-0.2, -0.15) is 0 Å². The second kappa shape index (κ2) is 9.47. The van der Waals surface area contributed by atoms with Gasteiger partial charge >= 0.3 is 5.97 Å². The molecule has 0 unspecified atom stereocenters. The van der Waals surface area contributed by atoms with E-state index in [-0.39, 0.29) is 17.2 Å². The molecule has 1 heterocycles. The lowest BCUT2D eigenvalue weighted by Gasteiger charge is -2.19. The molecular formula is C21H19Cl3O3S. The number of allylic oxidation sites excluding steroid dienone is 1. The fourth-order valence-corrected chi connectivity index (χ4v) is 5.23. The minimum Gasteiger partial charge on any atom is -0.477 e. The number of alkyl halides is 1. The summed E-state index contributed by atoms with van der Waals surface area (Å²) in [6.07, 6.45) is 8.50. The number of thiophene rings is 1. The highest BCUT2D eigenvalue weighted by atomic mass is 35.5. The number of aliphatic hydroxyl groups excluding tert-OH is 1. The van der Waals surface area contributed by atoms with Crippen molar-refractivity contribution in [3.63, 3.8) is 0 Å². The number of aromatic carboxylic acids is 1. The van der Waals surface area contributed by atoms with Crippen LogP contribution < -0.4 is 0 Å². The molecule has 0 radical (unpaired) electrons. The summed E-state index contributed by atoms with van der Waals surface area (Å²) >= 11 is 19.8. The highest BCUT2D eigenvalue weighted by molar-refractivity contribution is 7.14. The van der Waals surface area contributed by atoms with Crippen molar-refractivity contribution in [3.8, 4) is 0 Å². The Labute approximate surface area is 182 Å². The molecule has 2 aromatic rings. The van der Waals surface area contributed by atoms with Crippen LogP contribution in [-0.2, 0) is 0 Å². The fraction of sp³-hybridized carbons (Fsp3) is 0.286. The van der Waals surface area contributed by atoms with Gasteiger partial charge in [-0.15, -0.1) is 22.9 Å². The van der Waals surface area contributed by atoms with Crippen LogP contribution in [0.5, 0.6) is 0 Å². The van der Waals surface area contributed by atoms with E-state index < -0.39 is 12.1 Å². The predicted molar refractivity (Wildman–Crippen MR) is 118 cm³/mol. The van der Waals surface area contributed by atoms with Gasteiger partial charge in [0, 0.05) is 26.2 Å². The van der Waals surface area contributed by atoms with Gasteiger partial charge in [0.15, 0.2) is 0 Å². The Balaban J connectivity index is 1.70.